The molecule has 0 bridgehead atoms. The molecule has 0 spiro atoms. The second kappa shape index (κ2) is 9.92. The summed E-state index contributed by atoms with van der Waals surface area (Å²) in [5, 5.41) is 5.31. The van der Waals surface area contributed by atoms with Gasteiger partial charge >= 0.3 is 0 Å². The van der Waals surface area contributed by atoms with Crippen LogP contribution in [0, 0.1) is 5.82 Å². The number of halogens is 2. The fourth-order valence-electron chi connectivity index (χ4n) is 3.63. The first-order valence-corrected chi connectivity index (χ1v) is 12.3. The first-order valence-electron chi connectivity index (χ1n) is 10.5. The predicted octanol–water partition coefficient (Wildman–Crippen LogP) is 3.89. The Bertz CT molecular complexity index is 1350. The van der Waals surface area contributed by atoms with Crippen molar-refractivity contribution in [3.05, 3.63) is 88.7 Å². The van der Waals surface area contributed by atoms with Crippen LogP contribution in [0.3, 0.4) is 0 Å². The number of carbonyl (C=O) groups is 2. The number of sulfonamides is 1. The Morgan fingerprint density at radius 2 is 1.82 bits per heavy atom. The van der Waals surface area contributed by atoms with Crippen molar-refractivity contribution in [2.24, 2.45) is 0 Å². The average Bonchev–Trinajstić information content (AvgIpc) is 2.80. The number of aryl methyl sites for hydroxylation is 1. The number of hydrogen-bond donors (Lipinski definition) is 3. The lowest BCUT2D eigenvalue weighted by atomic mass is 10.0. The number of benzene rings is 3. The van der Waals surface area contributed by atoms with Gasteiger partial charge in [-0.2, -0.15) is 4.72 Å². The molecule has 34 heavy (non-hydrogen) atoms. The van der Waals surface area contributed by atoms with Gasteiger partial charge in [-0.3, -0.25) is 9.59 Å². The first-order chi connectivity index (χ1) is 16.2. The molecule has 0 saturated heterocycles. The highest BCUT2D eigenvalue weighted by Crippen LogP contribution is 2.26. The highest BCUT2D eigenvalue weighted by Gasteiger charge is 2.28. The van der Waals surface area contributed by atoms with Gasteiger partial charge in [0.2, 0.25) is 21.8 Å². The monoisotopic (exact) mass is 501 g/mol. The summed E-state index contributed by atoms with van der Waals surface area (Å²) in [5.41, 5.74) is 1.85. The molecule has 0 aliphatic carbocycles. The minimum absolute atomic E-state index is 0.0362. The largest absolute Gasteiger partial charge is 0.326 e. The summed E-state index contributed by atoms with van der Waals surface area (Å²) >= 11 is 5.77. The Hall–Kier alpha value is -3.27. The van der Waals surface area contributed by atoms with Gasteiger partial charge in [-0.1, -0.05) is 41.9 Å². The molecule has 1 heterocycles. The Balaban J connectivity index is 1.60. The molecule has 176 valence electrons. The summed E-state index contributed by atoms with van der Waals surface area (Å²) < 4.78 is 43.0. The smallest absolute Gasteiger partial charge is 0.242 e. The number of nitrogens with one attached hydrogen (secondary N) is 3. The Morgan fingerprint density at radius 1 is 1.06 bits per heavy atom. The lowest BCUT2D eigenvalue weighted by Gasteiger charge is -2.21. The molecular weight excluding hydrogens is 481 g/mol. The van der Waals surface area contributed by atoms with E-state index in [0.717, 1.165) is 11.6 Å². The molecule has 1 atom stereocenters. The van der Waals surface area contributed by atoms with Crippen LogP contribution in [-0.2, 0) is 32.5 Å². The van der Waals surface area contributed by atoms with Crippen LogP contribution in [-0.4, -0.2) is 26.3 Å². The van der Waals surface area contributed by atoms with E-state index in [1.165, 1.54) is 30.3 Å². The zero-order valence-corrected chi connectivity index (χ0v) is 19.4. The zero-order valence-electron chi connectivity index (χ0n) is 17.8. The van der Waals surface area contributed by atoms with E-state index in [4.69, 9.17) is 11.6 Å². The van der Waals surface area contributed by atoms with Crippen molar-refractivity contribution in [2.75, 3.05) is 10.6 Å². The van der Waals surface area contributed by atoms with Crippen LogP contribution >= 0.6 is 11.6 Å². The van der Waals surface area contributed by atoms with E-state index >= 15 is 0 Å². The molecule has 2 amide bonds. The molecule has 3 N–H and O–H groups in total. The summed E-state index contributed by atoms with van der Waals surface area (Å²) in [5.74, 6) is -1.59. The van der Waals surface area contributed by atoms with Crippen molar-refractivity contribution in [1.82, 2.24) is 4.72 Å². The van der Waals surface area contributed by atoms with Crippen LogP contribution in [0.15, 0.2) is 71.6 Å². The molecule has 0 saturated carbocycles. The van der Waals surface area contributed by atoms with Gasteiger partial charge in [0.05, 0.1) is 10.6 Å². The number of rotatable bonds is 7. The second-order valence-corrected chi connectivity index (χ2v) is 9.99. The minimum atomic E-state index is -4.12. The maximum atomic E-state index is 14.2. The predicted molar refractivity (Wildman–Crippen MR) is 128 cm³/mol. The van der Waals surface area contributed by atoms with E-state index < -0.39 is 27.8 Å². The van der Waals surface area contributed by atoms with Crippen LogP contribution < -0.4 is 15.4 Å². The van der Waals surface area contributed by atoms with Gasteiger partial charge in [-0.05, 0) is 60.4 Å². The standard InChI is InChI=1S/C24H21ClFN3O4S/c25-17-7-9-21(19(26)14-17)28-24(31)22(12-15-4-2-1-3-5-15)29-34(32,33)18-8-10-20-16(13-18)6-11-23(30)27-20/h1-5,7-10,13-14,22,29H,6,11-12H2,(H,27,30)(H,28,31)/t22-/m0/s1. The molecule has 4 rings (SSSR count). The van der Waals surface area contributed by atoms with Crippen LogP contribution in [0.2, 0.25) is 5.02 Å². The van der Waals surface area contributed by atoms with E-state index in [-0.39, 0.29) is 34.4 Å². The summed E-state index contributed by atoms with van der Waals surface area (Å²) in [6, 6.07) is 15.8. The minimum Gasteiger partial charge on any atom is -0.326 e. The third kappa shape index (κ3) is 5.61. The van der Waals surface area contributed by atoms with Gasteiger partial charge in [0.25, 0.3) is 0 Å². The Kier molecular flexibility index (Phi) is 6.97. The fraction of sp³-hybridized carbons (Fsp3) is 0.167. The normalized spacial score (nSPS) is 14.1. The second-order valence-electron chi connectivity index (χ2n) is 7.84. The van der Waals surface area contributed by atoms with E-state index in [0.29, 0.717) is 17.7 Å². The molecule has 3 aromatic rings. The number of hydrogen-bond acceptors (Lipinski definition) is 4. The summed E-state index contributed by atoms with van der Waals surface area (Å²) in [6.07, 6.45) is 0.714. The number of carbonyl (C=O) groups excluding carboxylic acids is 2. The quantitative estimate of drug-likeness (QED) is 0.457. The summed E-state index contributed by atoms with van der Waals surface area (Å²) in [6.45, 7) is 0. The maximum Gasteiger partial charge on any atom is 0.242 e. The molecule has 0 aromatic heterocycles. The lowest BCUT2D eigenvalue weighted by molar-refractivity contribution is -0.118. The van der Waals surface area contributed by atoms with Crippen molar-refractivity contribution in [3.63, 3.8) is 0 Å². The van der Waals surface area contributed by atoms with E-state index in [2.05, 4.69) is 15.4 Å². The highest BCUT2D eigenvalue weighted by molar-refractivity contribution is 7.89. The lowest BCUT2D eigenvalue weighted by Crippen LogP contribution is -2.45. The molecule has 3 aromatic carbocycles. The van der Waals surface area contributed by atoms with Crippen molar-refractivity contribution in [3.8, 4) is 0 Å². The number of fused-ring (bicyclic) bond motifs is 1. The fourth-order valence-corrected chi connectivity index (χ4v) is 5.04. The number of amides is 2. The topological polar surface area (TPSA) is 104 Å². The highest BCUT2D eigenvalue weighted by atomic mass is 35.5. The Morgan fingerprint density at radius 3 is 2.56 bits per heavy atom. The van der Waals surface area contributed by atoms with Gasteiger partial charge in [-0.25, -0.2) is 12.8 Å². The van der Waals surface area contributed by atoms with Crippen LogP contribution in [0.4, 0.5) is 15.8 Å². The third-order valence-corrected chi connectivity index (χ3v) is 7.07. The summed E-state index contributed by atoms with van der Waals surface area (Å²) in [4.78, 5) is 24.6. The third-order valence-electron chi connectivity index (χ3n) is 5.37. The van der Waals surface area contributed by atoms with E-state index in [1.54, 1.807) is 30.3 Å². The molecule has 0 unspecified atom stereocenters. The van der Waals surface area contributed by atoms with E-state index in [1.807, 2.05) is 0 Å². The molecular formula is C24H21ClFN3O4S. The first kappa shape index (κ1) is 23.9. The average molecular weight is 502 g/mol. The van der Waals surface area contributed by atoms with Gasteiger partial charge in [0, 0.05) is 17.1 Å². The van der Waals surface area contributed by atoms with Crippen molar-refractivity contribution < 1.29 is 22.4 Å². The Labute approximate surface area is 201 Å². The molecule has 7 nitrogen and oxygen atoms in total. The number of anilines is 2. The van der Waals surface area contributed by atoms with Crippen molar-refractivity contribution in [2.45, 2.75) is 30.2 Å². The van der Waals surface area contributed by atoms with Crippen LogP contribution in [0.5, 0.6) is 0 Å². The van der Waals surface area contributed by atoms with Gasteiger partial charge in [0.1, 0.15) is 11.9 Å². The van der Waals surface area contributed by atoms with Gasteiger partial charge in [0.15, 0.2) is 0 Å². The zero-order chi connectivity index (χ0) is 24.3. The van der Waals surface area contributed by atoms with E-state index in [9.17, 15) is 22.4 Å². The van der Waals surface area contributed by atoms with Crippen molar-refractivity contribution >= 4 is 44.8 Å². The van der Waals surface area contributed by atoms with Crippen LogP contribution in [0.1, 0.15) is 17.5 Å². The van der Waals surface area contributed by atoms with Crippen LogP contribution in [0.25, 0.3) is 0 Å². The van der Waals surface area contributed by atoms with Gasteiger partial charge in [-0.15, -0.1) is 0 Å². The maximum absolute atomic E-state index is 14.2. The van der Waals surface area contributed by atoms with Gasteiger partial charge < -0.3 is 10.6 Å². The van der Waals surface area contributed by atoms with Crippen molar-refractivity contribution in [1.29, 1.82) is 0 Å². The molecule has 1 aliphatic rings. The SMILES string of the molecule is O=C1CCc2cc(S(=O)(=O)N[C@@H](Cc3ccccc3)C(=O)Nc3ccc(Cl)cc3F)ccc2N1. The molecule has 1 aliphatic heterocycles. The molecule has 10 heteroatoms. The summed E-state index contributed by atoms with van der Waals surface area (Å²) in [7, 11) is -4.12. The molecule has 0 radical (unpaired) electrons. The molecule has 0 fully saturated rings.